The molecule has 1 fully saturated rings. The van der Waals surface area contributed by atoms with E-state index in [0.29, 0.717) is 24.7 Å². The van der Waals surface area contributed by atoms with Gasteiger partial charge in [0.05, 0.1) is 11.1 Å². The van der Waals surface area contributed by atoms with Gasteiger partial charge in [0.2, 0.25) is 10.0 Å². The fraction of sp³-hybridized carbons (Fsp3) is 0.375. The second-order valence-electron chi connectivity index (χ2n) is 5.59. The molecule has 1 aliphatic heterocycles. The van der Waals surface area contributed by atoms with E-state index < -0.39 is 10.0 Å². The van der Waals surface area contributed by atoms with Crippen LogP contribution in [0.15, 0.2) is 40.6 Å². The van der Waals surface area contributed by atoms with Gasteiger partial charge in [0, 0.05) is 29.6 Å². The maximum Gasteiger partial charge on any atom is 0.245 e. The van der Waals surface area contributed by atoms with Gasteiger partial charge in [-0.05, 0) is 42.5 Å². The number of thiophene rings is 1. The van der Waals surface area contributed by atoms with E-state index in [1.807, 2.05) is 17.5 Å². The normalized spacial score (nSPS) is 18.4. The average molecular weight is 406 g/mol. The molecule has 2 aromatic rings. The summed E-state index contributed by atoms with van der Waals surface area (Å²) in [5, 5.41) is 2.44. The Balaban J connectivity index is 1.94. The zero-order chi connectivity index (χ0) is 17.2. The molecule has 0 aliphatic carbocycles. The summed E-state index contributed by atoms with van der Waals surface area (Å²) in [6.45, 7) is 1.28. The van der Waals surface area contributed by atoms with Crippen molar-refractivity contribution in [3.05, 3.63) is 50.6 Å². The predicted molar refractivity (Wildman–Crippen MR) is 97.4 cm³/mol. The van der Waals surface area contributed by atoms with Crippen LogP contribution in [0.1, 0.15) is 17.7 Å². The molecule has 3 rings (SSSR count). The van der Waals surface area contributed by atoms with E-state index in [9.17, 15) is 8.42 Å². The maximum absolute atomic E-state index is 13.2. The molecule has 0 unspecified atom stereocenters. The molecule has 1 aliphatic rings. The van der Waals surface area contributed by atoms with Gasteiger partial charge < -0.3 is 4.74 Å². The Morgan fingerprint density at radius 2 is 2.12 bits per heavy atom. The predicted octanol–water partition coefficient (Wildman–Crippen LogP) is 4.42. The summed E-state index contributed by atoms with van der Waals surface area (Å²) in [5.74, 6) is 0. The number of benzene rings is 1. The zero-order valence-electron chi connectivity index (χ0n) is 12.8. The maximum atomic E-state index is 13.2. The Kier molecular flexibility index (Phi) is 5.85. The lowest BCUT2D eigenvalue weighted by atomic mass is 10.2. The smallest absolute Gasteiger partial charge is 0.245 e. The molecule has 0 radical (unpaired) electrons. The van der Waals surface area contributed by atoms with Crippen molar-refractivity contribution in [3.8, 4) is 0 Å². The SMILES string of the molecule is O=S(=O)(c1cc(Cl)ccc1Cl)N(Cc1cccs1)C[C@H]1CCCO1. The van der Waals surface area contributed by atoms with Gasteiger partial charge in [0.1, 0.15) is 4.90 Å². The first-order valence-corrected chi connectivity index (χ1v) is 10.6. The van der Waals surface area contributed by atoms with Crippen molar-refractivity contribution in [3.63, 3.8) is 0 Å². The summed E-state index contributed by atoms with van der Waals surface area (Å²) in [4.78, 5) is 1.00. The van der Waals surface area contributed by atoms with E-state index >= 15 is 0 Å². The second-order valence-corrected chi connectivity index (χ2v) is 9.37. The van der Waals surface area contributed by atoms with Crippen LogP contribution < -0.4 is 0 Å². The minimum atomic E-state index is -3.77. The van der Waals surface area contributed by atoms with E-state index in [1.54, 1.807) is 6.07 Å². The molecule has 0 spiro atoms. The van der Waals surface area contributed by atoms with Crippen LogP contribution in [-0.4, -0.2) is 32.0 Å². The molecule has 1 aromatic carbocycles. The fourth-order valence-electron chi connectivity index (χ4n) is 2.65. The van der Waals surface area contributed by atoms with E-state index in [1.165, 1.54) is 27.8 Å². The highest BCUT2D eigenvalue weighted by Gasteiger charge is 2.31. The van der Waals surface area contributed by atoms with Gasteiger partial charge in [-0.3, -0.25) is 0 Å². The van der Waals surface area contributed by atoms with Gasteiger partial charge in [0.15, 0.2) is 0 Å². The lowest BCUT2D eigenvalue weighted by Crippen LogP contribution is -2.36. The van der Waals surface area contributed by atoms with Crippen LogP contribution in [0.4, 0.5) is 0 Å². The van der Waals surface area contributed by atoms with Crippen LogP contribution in [-0.2, 0) is 21.3 Å². The van der Waals surface area contributed by atoms with Crippen LogP contribution in [0, 0.1) is 0 Å². The first-order valence-electron chi connectivity index (χ1n) is 7.56. The Morgan fingerprint density at radius 1 is 1.29 bits per heavy atom. The molecule has 0 saturated carbocycles. The fourth-order valence-corrected chi connectivity index (χ4v) is 5.64. The molecular weight excluding hydrogens is 389 g/mol. The monoisotopic (exact) mass is 405 g/mol. The Bertz CT molecular complexity index is 788. The highest BCUT2D eigenvalue weighted by atomic mass is 35.5. The number of nitrogens with zero attached hydrogens (tertiary/aromatic N) is 1. The number of sulfonamides is 1. The van der Waals surface area contributed by atoms with Gasteiger partial charge in [-0.2, -0.15) is 4.31 Å². The third-order valence-corrected chi connectivity index (χ3v) is 7.24. The molecule has 1 aromatic heterocycles. The summed E-state index contributed by atoms with van der Waals surface area (Å²) < 4.78 is 33.4. The summed E-state index contributed by atoms with van der Waals surface area (Å²) in [6, 6.07) is 8.31. The van der Waals surface area contributed by atoms with Crippen molar-refractivity contribution in [1.82, 2.24) is 4.31 Å². The number of ether oxygens (including phenoxy) is 1. The van der Waals surface area contributed by atoms with Crippen molar-refractivity contribution in [1.29, 1.82) is 0 Å². The van der Waals surface area contributed by atoms with Crippen LogP contribution >= 0.6 is 34.5 Å². The van der Waals surface area contributed by atoms with Crippen molar-refractivity contribution in [2.45, 2.75) is 30.4 Å². The molecule has 4 nitrogen and oxygen atoms in total. The first-order chi connectivity index (χ1) is 11.5. The molecule has 1 saturated heterocycles. The lowest BCUT2D eigenvalue weighted by molar-refractivity contribution is 0.0927. The Hall–Kier alpha value is -0.630. The summed E-state index contributed by atoms with van der Waals surface area (Å²) in [7, 11) is -3.77. The topological polar surface area (TPSA) is 46.6 Å². The quantitative estimate of drug-likeness (QED) is 0.713. The molecule has 24 heavy (non-hydrogen) atoms. The van der Waals surface area contributed by atoms with E-state index in [0.717, 1.165) is 17.7 Å². The van der Waals surface area contributed by atoms with Crippen molar-refractivity contribution >= 4 is 44.6 Å². The van der Waals surface area contributed by atoms with Crippen LogP contribution in [0.2, 0.25) is 10.0 Å². The molecule has 0 bridgehead atoms. The van der Waals surface area contributed by atoms with Crippen LogP contribution in [0.3, 0.4) is 0 Å². The van der Waals surface area contributed by atoms with Crippen molar-refractivity contribution < 1.29 is 13.2 Å². The third kappa shape index (κ3) is 4.12. The highest BCUT2D eigenvalue weighted by Crippen LogP contribution is 2.30. The van der Waals surface area contributed by atoms with Crippen molar-refractivity contribution in [2.24, 2.45) is 0 Å². The van der Waals surface area contributed by atoms with Gasteiger partial charge >= 0.3 is 0 Å². The highest BCUT2D eigenvalue weighted by molar-refractivity contribution is 7.89. The van der Waals surface area contributed by atoms with Gasteiger partial charge in [0.25, 0.3) is 0 Å². The Labute approximate surface area is 156 Å². The third-order valence-electron chi connectivity index (χ3n) is 3.85. The first kappa shape index (κ1) is 18.2. The van der Waals surface area contributed by atoms with Crippen molar-refractivity contribution in [2.75, 3.05) is 13.2 Å². The van der Waals surface area contributed by atoms with Crippen LogP contribution in [0.5, 0.6) is 0 Å². The average Bonchev–Trinajstić information content (AvgIpc) is 3.22. The summed E-state index contributed by atoms with van der Waals surface area (Å²) in [5.41, 5.74) is 0. The molecule has 8 heteroatoms. The number of hydrogen-bond donors (Lipinski definition) is 0. The molecule has 0 amide bonds. The Morgan fingerprint density at radius 3 is 2.79 bits per heavy atom. The molecule has 1 atom stereocenters. The number of hydrogen-bond acceptors (Lipinski definition) is 4. The second kappa shape index (κ2) is 7.72. The van der Waals surface area contributed by atoms with Gasteiger partial charge in [-0.1, -0.05) is 29.3 Å². The van der Waals surface area contributed by atoms with E-state index in [4.69, 9.17) is 27.9 Å². The summed E-state index contributed by atoms with van der Waals surface area (Å²) >= 11 is 13.6. The number of halogens is 2. The number of rotatable bonds is 6. The van der Waals surface area contributed by atoms with Gasteiger partial charge in [-0.25, -0.2) is 8.42 Å². The summed E-state index contributed by atoms with van der Waals surface area (Å²) in [6.07, 6.45) is 1.73. The zero-order valence-corrected chi connectivity index (χ0v) is 16.0. The van der Waals surface area contributed by atoms with Crippen LogP contribution in [0.25, 0.3) is 0 Å². The van der Waals surface area contributed by atoms with E-state index in [-0.39, 0.29) is 16.0 Å². The molecule has 2 heterocycles. The minimum Gasteiger partial charge on any atom is -0.377 e. The van der Waals surface area contributed by atoms with E-state index in [2.05, 4.69) is 0 Å². The molecular formula is C16H17Cl2NO3S2. The molecule has 0 N–H and O–H groups in total. The standard InChI is InChI=1S/C16H17Cl2NO3S2/c17-12-5-6-15(18)16(9-12)24(20,21)19(10-13-3-1-7-22-13)11-14-4-2-8-23-14/h2,4-6,8-9,13H,1,3,7,10-11H2/t13-/m1/s1. The van der Waals surface area contributed by atoms with Gasteiger partial charge in [-0.15, -0.1) is 11.3 Å². The molecule has 130 valence electrons. The largest absolute Gasteiger partial charge is 0.377 e. The minimum absolute atomic E-state index is 0.0335. The lowest BCUT2D eigenvalue weighted by Gasteiger charge is -2.25.